The summed E-state index contributed by atoms with van der Waals surface area (Å²) < 4.78 is 0. The molecule has 1 saturated carbocycles. The van der Waals surface area contributed by atoms with Crippen LogP contribution in [0.3, 0.4) is 0 Å². The number of anilines is 1. The SMILES string of the molecule is Cc1cc(CC2CN(c3cc(C4CC4)ncn3)CC2O)n[nH]1. The van der Waals surface area contributed by atoms with E-state index in [-0.39, 0.29) is 12.0 Å². The van der Waals surface area contributed by atoms with Crippen molar-refractivity contribution in [3.63, 3.8) is 0 Å². The van der Waals surface area contributed by atoms with Gasteiger partial charge >= 0.3 is 0 Å². The van der Waals surface area contributed by atoms with Gasteiger partial charge in [-0.05, 0) is 32.3 Å². The van der Waals surface area contributed by atoms with Crippen LogP contribution in [0.2, 0.25) is 0 Å². The molecule has 2 atom stereocenters. The average molecular weight is 299 g/mol. The highest BCUT2D eigenvalue weighted by atomic mass is 16.3. The number of aryl methyl sites for hydroxylation is 1. The second-order valence-electron chi connectivity index (χ2n) is 6.55. The number of aromatic amines is 1. The van der Waals surface area contributed by atoms with Gasteiger partial charge in [0, 0.05) is 42.4 Å². The topological polar surface area (TPSA) is 77.9 Å². The normalized spacial score (nSPS) is 24.9. The monoisotopic (exact) mass is 299 g/mol. The minimum Gasteiger partial charge on any atom is -0.391 e. The maximum absolute atomic E-state index is 10.4. The fourth-order valence-electron chi connectivity index (χ4n) is 3.23. The molecule has 3 heterocycles. The van der Waals surface area contributed by atoms with E-state index < -0.39 is 0 Å². The van der Waals surface area contributed by atoms with Crippen molar-refractivity contribution >= 4 is 5.82 Å². The second-order valence-corrected chi connectivity index (χ2v) is 6.55. The highest BCUT2D eigenvalue weighted by Crippen LogP contribution is 2.39. The first-order chi connectivity index (χ1) is 10.7. The molecule has 22 heavy (non-hydrogen) atoms. The molecule has 2 fully saturated rings. The van der Waals surface area contributed by atoms with Crippen LogP contribution in [-0.4, -0.2) is 44.5 Å². The first-order valence-corrected chi connectivity index (χ1v) is 7.95. The fourth-order valence-corrected chi connectivity index (χ4v) is 3.23. The van der Waals surface area contributed by atoms with Gasteiger partial charge in [0.2, 0.25) is 0 Å². The fraction of sp³-hybridized carbons (Fsp3) is 0.562. The Morgan fingerprint density at radius 1 is 1.27 bits per heavy atom. The van der Waals surface area contributed by atoms with Gasteiger partial charge in [-0.25, -0.2) is 9.97 Å². The summed E-state index contributed by atoms with van der Waals surface area (Å²) in [6.45, 7) is 3.44. The summed E-state index contributed by atoms with van der Waals surface area (Å²) in [4.78, 5) is 10.9. The summed E-state index contributed by atoms with van der Waals surface area (Å²) in [6.07, 6.45) is 4.58. The maximum atomic E-state index is 10.4. The highest BCUT2D eigenvalue weighted by Gasteiger charge is 2.33. The van der Waals surface area contributed by atoms with Gasteiger partial charge in [0.1, 0.15) is 12.1 Å². The molecular formula is C16H21N5O. The van der Waals surface area contributed by atoms with Crippen molar-refractivity contribution in [2.24, 2.45) is 5.92 Å². The lowest BCUT2D eigenvalue weighted by molar-refractivity contribution is 0.148. The lowest BCUT2D eigenvalue weighted by Crippen LogP contribution is -2.22. The number of aromatic nitrogens is 4. The lowest BCUT2D eigenvalue weighted by Gasteiger charge is -2.17. The largest absolute Gasteiger partial charge is 0.391 e. The van der Waals surface area contributed by atoms with E-state index in [1.165, 1.54) is 12.8 Å². The Morgan fingerprint density at radius 3 is 2.86 bits per heavy atom. The van der Waals surface area contributed by atoms with E-state index in [0.717, 1.165) is 35.9 Å². The number of nitrogens with zero attached hydrogens (tertiary/aromatic N) is 4. The Labute approximate surface area is 129 Å². The third-order valence-electron chi connectivity index (χ3n) is 4.63. The molecule has 6 nitrogen and oxygen atoms in total. The Morgan fingerprint density at radius 2 is 2.14 bits per heavy atom. The number of aliphatic hydroxyl groups excluding tert-OH is 1. The van der Waals surface area contributed by atoms with Crippen molar-refractivity contribution in [3.05, 3.63) is 35.5 Å². The summed E-state index contributed by atoms with van der Waals surface area (Å²) in [5.74, 6) is 1.76. The molecular weight excluding hydrogens is 278 g/mol. The number of β-amino-alcohol motifs (C(OH)–C–C–N with tert-alkyl or cyclic N) is 1. The van der Waals surface area contributed by atoms with Crippen molar-refractivity contribution < 1.29 is 5.11 Å². The summed E-state index contributed by atoms with van der Waals surface area (Å²) in [6, 6.07) is 4.14. The molecule has 2 aromatic heterocycles. The van der Waals surface area contributed by atoms with Gasteiger partial charge in [0.05, 0.1) is 11.8 Å². The lowest BCUT2D eigenvalue weighted by atomic mass is 10.0. The van der Waals surface area contributed by atoms with Crippen molar-refractivity contribution in [2.75, 3.05) is 18.0 Å². The molecule has 0 bridgehead atoms. The smallest absolute Gasteiger partial charge is 0.132 e. The number of rotatable bonds is 4. The molecule has 0 amide bonds. The zero-order valence-corrected chi connectivity index (χ0v) is 12.7. The van der Waals surface area contributed by atoms with Crippen molar-refractivity contribution in [3.8, 4) is 0 Å². The van der Waals surface area contributed by atoms with Gasteiger partial charge in [-0.3, -0.25) is 5.10 Å². The van der Waals surface area contributed by atoms with Crippen LogP contribution in [0.25, 0.3) is 0 Å². The number of hydrogen-bond donors (Lipinski definition) is 2. The molecule has 1 aliphatic carbocycles. The molecule has 0 spiro atoms. The van der Waals surface area contributed by atoms with Crippen LogP contribution in [0.5, 0.6) is 0 Å². The summed E-state index contributed by atoms with van der Waals surface area (Å²) in [7, 11) is 0. The highest BCUT2D eigenvalue weighted by molar-refractivity contribution is 5.42. The van der Waals surface area contributed by atoms with E-state index in [1.54, 1.807) is 6.33 Å². The van der Waals surface area contributed by atoms with Crippen LogP contribution in [0.15, 0.2) is 18.5 Å². The molecule has 116 valence electrons. The predicted octanol–water partition coefficient (Wildman–Crippen LogP) is 1.43. The van der Waals surface area contributed by atoms with Gasteiger partial charge in [0.15, 0.2) is 0 Å². The Hall–Kier alpha value is -1.95. The number of H-pyrrole nitrogens is 1. The summed E-state index contributed by atoms with van der Waals surface area (Å²) in [5, 5.41) is 17.6. The third-order valence-corrected chi connectivity index (χ3v) is 4.63. The minimum absolute atomic E-state index is 0.196. The number of nitrogens with one attached hydrogen (secondary N) is 1. The van der Waals surface area contributed by atoms with E-state index in [0.29, 0.717) is 12.5 Å². The van der Waals surface area contributed by atoms with Gasteiger partial charge < -0.3 is 10.0 Å². The van der Waals surface area contributed by atoms with Crippen LogP contribution in [-0.2, 0) is 6.42 Å². The zero-order chi connectivity index (χ0) is 15.1. The second kappa shape index (κ2) is 5.35. The summed E-state index contributed by atoms with van der Waals surface area (Å²) >= 11 is 0. The van der Waals surface area contributed by atoms with E-state index in [9.17, 15) is 5.11 Å². The number of aliphatic hydroxyl groups is 1. The molecule has 2 aliphatic rings. The van der Waals surface area contributed by atoms with Crippen LogP contribution >= 0.6 is 0 Å². The van der Waals surface area contributed by atoms with Crippen LogP contribution < -0.4 is 4.90 Å². The zero-order valence-electron chi connectivity index (χ0n) is 12.7. The van der Waals surface area contributed by atoms with Gasteiger partial charge in [0.25, 0.3) is 0 Å². The first kappa shape index (κ1) is 13.7. The molecule has 6 heteroatoms. The molecule has 4 rings (SSSR count). The van der Waals surface area contributed by atoms with Crippen LogP contribution in [0, 0.1) is 12.8 Å². The van der Waals surface area contributed by atoms with Crippen LogP contribution in [0.1, 0.15) is 35.8 Å². The molecule has 0 aromatic carbocycles. The third kappa shape index (κ3) is 2.70. The van der Waals surface area contributed by atoms with Gasteiger partial charge in [-0.2, -0.15) is 5.10 Å². The van der Waals surface area contributed by atoms with E-state index in [1.807, 2.05) is 13.0 Å². The maximum Gasteiger partial charge on any atom is 0.132 e. The quantitative estimate of drug-likeness (QED) is 0.893. The van der Waals surface area contributed by atoms with Crippen molar-refractivity contribution in [2.45, 2.75) is 38.2 Å². The van der Waals surface area contributed by atoms with Crippen molar-refractivity contribution in [1.82, 2.24) is 20.2 Å². The standard InChI is InChI=1S/C16H21N5O/c1-10-4-13(20-19-10)5-12-7-21(8-15(12)22)16-6-14(11-2-3-11)17-9-18-16/h4,6,9,11-12,15,22H,2-3,5,7-8H2,1H3,(H,19,20). The van der Waals surface area contributed by atoms with E-state index in [2.05, 4.69) is 31.1 Å². The van der Waals surface area contributed by atoms with Crippen LogP contribution in [0.4, 0.5) is 5.82 Å². The minimum atomic E-state index is -0.337. The molecule has 2 N–H and O–H groups in total. The summed E-state index contributed by atoms with van der Waals surface area (Å²) in [5.41, 5.74) is 3.22. The molecule has 1 saturated heterocycles. The first-order valence-electron chi connectivity index (χ1n) is 7.95. The molecule has 1 aliphatic heterocycles. The van der Waals surface area contributed by atoms with Gasteiger partial charge in [-0.1, -0.05) is 0 Å². The molecule has 2 aromatic rings. The predicted molar refractivity (Wildman–Crippen MR) is 82.7 cm³/mol. The van der Waals surface area contributed by atoms with Crippen molar-refractivity contribution in [1.29, 1.82) is 0 Å². The Bertz CT molecular complexity index is 666. The Kier molecular flexibility index (Phi) is 3.33. The molecule has 2 unspecified atom stereocenters. The van der Waals surface area contributed by atoms with E-state index in [4.69, 9.17) is 0 Å². The Balaban J connectivity index is 1.47. The average Bonchev–Trinajstić information content (AvgIpc) is 3.20. The number of hydrogen-bond acceptors (Lipinski definition) is 5. The van der Waals surface area contributed by atoms with E-state index >= 15 is 0 Å². The van der Waals surface area contributed by atoms with Gasteiger partial charge in [-0.15, -0.1) is 0 Å². The molecule has 0 radical (unpaired) electrons.